The third-order valence-electron chi connectivity index (χ3n) is 3.96. The smallest absolute Gasteiger partial charge is 0.311 e. The maximum Gasteiger partial charge on any atom is 0.311 e. The van der Waals surface area contributed by atoms with E-state index in [1.165, 1.54) is 0 Å². The van der Waals surface area contributed by atoms with E-state index >= 15 is 0 Å². The zero-order valence-electron chi connectivity index (χ0n) is 12.9. The number of hydrogen-bond acceptors (Lipinski definition) is 3. The number of nitrogens with zero attached hydrogens (tertiary/aromatic N) is 2. The number of nitrogens with one attached hydrogen (secondary N) is 1. The molecule has 0 atom stereocenters. The van der Waals surface area contributed by atoms with Crippen molar-refractivity contribution in [3.05, 3.63) is 17.5 Å². The average Bonchev–Trinajstić information content (AvgIpc) is 2.69. The zero-order chi connectivity index (χ0) is 15.7. The van der Waals surface area contributed by atoms with Crippen molar-refractivity contribution in [2.75, 3.05) is 0 Å². The quantitative estimate of drug-likeness (QED) is 0.862. The molecule has 6 heteroatoms. The Morgan fingerprint density at radius 2 is 1.90 bits per heavy atom. The Morgan fingerprint density at radius 3 is 2.35 bits per heavy atom. The van der Waals surface area contributed by atoms with Crippen LogP contribution in [0.3, 0.4) is 0 Å². The molecule has 6 nitrogen and oxygen atoms in total. The minimum atomic E-state index is -1.09. The lowest BCUT2D eigenvalue weighted by molar-refractivity contribution is -0.150. The van der Waals surface area contributed by atoms with Crippen molar-refractivity contribution in [1.29, 1.82) is 0 Å². The van der Waals surface area contributed by atoms with Gasteiger partial charge in [0, 0.05) is 6.54 Å². The first-order chi connectivity index (χ1) is 9.02. The SMILES string of the molecule is CCn1nc(C)cc1C(=O)NC(C)(C)C(C)(C)C(=O)O. The molecule has 0 aliphatic heterocycles. The van der Waals surface area contributed by atoms with Crippen molar-refractivity contribution in [3.63, 3.8) is 0 Å². The Kier molecular flexibility index (Phi) is 4.27. The molecule has 0 saturated carbocycles. The summed E-state index contributed by atoms with van der Waals surface area (Å²) in [5, 5.41) is 16.3. The van der Waals surface area contributed by atoms with E-state index in [9.17, 15) is 14.7 Å². The Bertz CT molecular complexity index is 530. The predicted molar refractivity (Wildman–Crippen MR) is 75.6 cm³/mol. The maximum absolute atomic E-state index is 12.4. The van der Waals surface area contributed by atoms with Gasteiger partial charge in [0.25, 0.3) is 5.91 Å². The summed E-state index contributed by atoms with van der Waals surface area (Å²) in [5.41, 5.74) is -0.784. The van der Waals surface area contributed by atoms with Crippen LogP contribution >= 0.6 is 0 Å². The Morgan fingerprint density at radius 1 is 1.35 bits per heavy atom. The molecule has 0 radical (unpaired) electrons. The van der Waals surface area contributed by atoms with E-state index in [2.05, 4.69) is 10.4 Å². The summed E-state index contributed by atoms with van der Waals surface area (Å²) in [4.78, 5) is 23.7. The highest BCUT2D eigenvalue weighted by atomic mass is 16.4. The summed E-state index contributed by atoms with van der Waals surface area (Å²) < 4.78 is 1.61. The number of amides is 1. The van der Waals surface area contributed by atoms with Gasteiger partial charge in [-0.3, -0.25) is 14.3 Å². The second kappa shape index (κ2) is 5.26. The molecule has 0 bridgehead atoms. The predicted octanol–water partition coefficient (Wildman–Crippen LogP) is 1.83. The van der Waals surface area contributed by atoms with Crippen LogP contribution in [0.4, 0.5) is 0 Å². The zero-order valence-corrected chi connectivity index (χ0v) is 12.9. The molecule has 0 aliphatic carbocycles. The second-order valence-corrected chi connectivity index (χ2v) is 6.00. The average molecular weight is 281 g/mol. The van der Waals surface area contributed by atoms with Gasteiger partial charge in [-0.25, -0.2) is 0 Å². The van der Waals surface area contributed by atoms with Gasteiger partial charge in [-0.2, -0.15) is 5.10 Å². The van der Waals surface area contributed by atoms with Gasteiger partial charge in [-0.15, -0.1) is 0 Å². The van der Waals surface area contributed by atoms with Crippen molar-refractivity contribution in [2.45, 2.75) is 53.6 Å². The van der Waals surface area contributed by atoms with E-state index in [1.807, 2.05) is 13.8 Å². The normalized spacial score (nSPS) is 12.3. The molecule has 0 saturated heterocycles. The summed E-state index contributed by atoms with van der Waals surface area (Å²) in [7, 11) is 0. The minimum absolute atomic E-state index is 0.313. The highest BCUT2D eigenvalue weighted by Gasteiger charge is 2.44. The molecule has 1 heterocycles. The summed E-state index contributed by atoms with van der Waals surface area (Å²) >= 11 is 0. The number of carbonyl (C=O) groups excluding carboxylic acids is 1. The Labute approximate surface area is 119 Å². The van der Waals surface area contributed by atoms with Crippen molar-refractivity contribution in [1.82, 2.24) is 15.1 Å². The van der Waals surface area contributed by atoms with Gasteiger partial charge in [-0.05, 0) is 47.6 Å². The van der Waals surface area contributed by atoms with Crippen LogP contribution in [0.15, 0.2) is 6.07 Å². The lowest BCUT2D eigenvalue weighted by Crippen LogP contribution is -2.57. The Balaban J connectivity index is 3.03. The molecule has 0 aliphatic rings. The molecular weight excluding hydrogens is 258 g/mol. The van der Waals surface area contributed by atoms with Crippen LogP contribution < -0.4 is 5.32 Å². The first-order valence-corrected chi connectivity index (χ1v) is 6.63. The largest absolute Gasteiger partial charge is 0.481 e. The third kappa shape index (κ3) is 2.84. The van der Waals surface area contributed by atoms with Crippen LogP contribution in [0.25, 0.3) is 0 Å². The van der Waals surface area contributed by atoms with Gasteiger partial charge in [0.15, 0.2) is 0 Å². The van der Waals surface area contributed by atoms with Crippen LogP contribution in [-0.4, -0.2) is 32.3 Å². The fourth-order valence-corrected chi connectivity index (χ4v) is 1.74. The molecule has 2 N–H and O–H groups in total. The second-order valence-electron chi connectivity index (χ2n) is 6.00. The van der Waals surface area contributed by atoms with Crippen LogP contribution in [0.1, 0.15) is 50.8 Å². The number of aliphatic carboxylic acids is 1. The molecule has 0 spiro atoms. The van der Waals surface area contributed by atoms with E-state index in [4.69, 9.17) is 0 Å². The highest BCUT2D eigenvalue weighted by molar-refractivity contribution is 5.93. The Hall–Kier alpha value is -1.85. The monoisotopic (exact) mass is 281 g/mol. The lowest BCUT2D eigenvalue weighted by Gasteiger charge is -2.38. The number of rotatable bonds is 5. The van der Waals surface area contributed by atoms with Gasteiger partial charge in [-0.1, -0.05) is 0 Å². The van der Waals surface area contributed by atoms with Crippen molar-refractivity contribution < 1.29 is 14.7 Å². The standard InChI is InChI=1S/C14H23N3O3/c1-7-17-10(8-9(2)16-17)11(18)15-14(5,6)13(3,4)12(19)20/h8H,7H2,1-6H3,(H,15,18)(H,19,20). The van der Waals surface area contributed by atoms with Crippen molar-refractivity contribution in [3.8, 4) is 0 Å². The first kappa shape index (κ1) is 16.2. The van der Waals surface area contributed by atoms with Gasteiger partial charge in [0.1, 0.15) is 5.69 Å². The van der Waals surface area contributed by atoms with Gasteiger partial charge in [0.05, 0.1) is 16.6 Å². The summed E-state index contributed by atoms with van der Waals surface area (Å²) in [6.45, 7) is 10.9. The van der Waals surface area contributed by atoms with Gasteiger partial charge >= 0.3 is 5.97 Å². The van der Waals surface area contributed by atoms with Gasteiger partial charge < -0.3 is 10.4 Å². The third-order valence-corrected chi connectivity index (χ3v) is 3.96. The van der Waals surface area contributed by atoms with E-state index in [0.717, 1.165) is 5.69 Å². The molecule has 0 fully saturated rings. The molecule has 1 aromatic heterocycles. The molecule has 0 unspecified atom stereocenters. The molecule has 0 aromatic carbocycles. The first-order valence-electron chi connectivity index (χ1n) is 6.63. The highest BCUT2D eigenvalue weighted by Crippen LogP contribution is 2.31. The summed E-state index contributed by atoms with van der Waals surface area (Å²) in [5.74, 6) is -1.27. The molecule has 1 aromatic rings. The van der Waals surface area contributed by atoms with Crippen LogP contribution in [0, 0.1) is 12.3 Å². The van der Waals surface area contributed by atoms with Crippen molar-refractivity contribution >= 4 is 11.9 Å². The van der Waals surface area contributed by atoms with Crippen LogP contribution in [0.2, 0.25) is 0 Å². The maximum atomic E-state index is 12.4. The summed E-state index contributed by atoms with van der Waals surface area (Å²) in [6.07, 6.45) is 0. The van der Waals surface area contributed by atoms with Crippen LogP contribution in [-0.2, 0) is 11.3 Å². The number of aryl methyl sites for hydroxylation is 2. The topological polar surface area (TPSA) is 84.2 Å². The molecule has 20 heavy (non-hydrogen) atoms. The lowest BCUT2D eigenvalue weighted by atomic mass is 9.74. The van der Waals surface area contributed by atoms with E-state index in [1.54, 1.807) is 38.4 Å². The van der Waals surface area contributed by atoms with Gasteiger partial charge in [0.2, 0.25) is 0 Å². The van der Waals surface area contributed by atoms with E-state index < -0.39 is 16.9 Å². The van der Waals surface area contributed by atoms with Crippen molar-refractivity contribution in [2.24, 2.45) is 5.41 Å². The summed E-state index contributed by atoms with van der Waals surface area (Å²) in [6, 6.07) is 1.70. The fourth-order valence-electron chi connectivity index (χ4n) is 1.74. The van der Waals surface area contributed by atoms with E-state index in [0.29, 0.717) is 12.2 Å². The number of carbonyl (C=O) groups is 2. The number of aromatic nitrogens is 2. The van der Waals surface area contributed by atoms with Crippen LogP contribution in [0.5, 0.6) is 0 Å². The number of carboxylic acid groups (broad SMARTS) is 1. The number of carboxylic acids is 1. The molecule has 1 rings (SSSR count). The molecular formula is C14H23N3O3. The molecule has 112 valence electrons. The fraction of sp³-hybridized carbons (Fsp3) is 0.643. The van der Waals surface area contributed by atoms with E-state index in [-0.39, 0.29) is 5.91 Å². The number of hydrogen-bond donors (Lipinski definition) is 2. The minimum Gasteiger partial charge on any atom is -0.481 e. The molecule has 1 amide bonds.